The van der Waals surface area contributed by atoms with Crippen LogP contribution in [0.2, 0.25) is 0 Å². The van der Waals surface area contributed by atoms with Crippen LogP contribution in [0.15, 0.2) is 23.1 Å². The minimum atomic E-state index is -3.53. The van der Waals surface area contributed by atoms with E-state index in [-0.39, 0.29) is 17.5 Å². The predicted molar refractivity (Wildman–Crippen MR) is 89.9 cm³/mol. The van der Waals surface area contributed by atoms with Gasteiger partial charge in [0.05, 0.1) is 11.4 Å². The minimum Gasteiger partial charge on any atom is -0.320 e. The van der Waals surface area contributed by atoms with Gasteiger partial charge in [-0.2, -0.15) is 11.8 Å². The van der Waals surface area contributed by atoms with Gasteiger partial charge in [0.1, 0.15) is 0 Å². The Morgan fingerprint density at radius 3 is 2.76 bits per heavy atom. The quantitative estimate of drug-likeness (QED) is 0.781. The zero-order valence-corrected chi connectivity index (χ0v) is 14.3. The second-order valence-electron chi connectivity index (χ2n) is 4.67. The predicted octanol–water partition coefficient (Wildman–Crippen LogP) is 1.73. The van der Waals surface area contributed by atoms with Crippen molar-refractivity contribution in [3.8, 4) is 11.8 Å². The number of hydrogen-bond donors (Lipinski definition) is 2. The van der Waals surface area contributed by atoms with E-state index in [1.54, 1.807) is 36.9 Å². The summed E-state index contributed by atoms with van der Waals surface area (Å²) in [5, 5.41) is 0. The van der Waals surface area contributed by atoms with E-state index in [0.717, 1.165) is 11.5 Å². The van der Waals surface area contributed by atoms with Crippen molar-refractivity contribution in [1.29, 1.82) is 0 Å². The van der Waals surface area contributed by atoms with Gasteiger partial charge in [-0.1, -0.05) is 24.8 Å². The first-order chi connectivity index (χ1) is 9.90. The number of rotatable bonds is 6. The van der Waals surface area contributed by atoms with E-state index in [0.29, 0.717) is 11.1 Å². The summed E-state index contributed by atoms with van der Waals surface area (Å²) in [4.78, 5) is 0.277. The number of nitrogens with one attached hydrogen (secondary N) is 1. The second kappa shape index (κ2) is 8.44. The van der Waals surface area contributed by atoms with Gasteiger partial charge in [-0.15, -0.1) is 0 Å². The maximum Gasteiger partial charge on any atom is 0.241 e. The Kier molecular flexibility index (Phi) is 7.26. The Morgan fingerprint density at radius 2 is 2.14 bits per heavy atom. The first-order valence-corrected chi connectivity index (χ1v) is 9.44. The largest absolute Gasteiger partial charge is 0.320 e. The van der Waals surface area contributed by atoms with Gasteiger partial charge in [-0.3, -0.25) is 0 Å². The van der Waals surface area contributed by atoms with Gasteiger partial charge >= 0.3 is 0 Å². The molecule has 0 radical (unpaired) electrons. The van der Waals surface area contributed by atoms with E-state index >= 15 is 0 Å². The molecule has 0 heterocycles. The van der Waals surface area contributed by atoms with Crippen LogP contribution in [0.4, 0.5) is 0 Å². The highest BCUT2D eigenvalue weighted by molar-refractivity contribution is 7.99. The summed E-state index contributed by atoms with van der Waals surface area (Å²) in [7, 11) is -3.53. The van der Waals surface area contributed by atoms with Crippen molar-refractivity contribution < 1.29 is 8.42 Å². The lowest BCUT2D eigenvalue weighted by Crippen LogP contribution is -2.34. The molecule has 1 rings (SSSR count). The molecule has 1 unspecified atom stereocenters. The molecule has 21 heavy (non-hydrogen) atoms. The van der Waals surface area contributed by atoms with Crippen LogP contribution in [-0.2, 0) is 10.0 Å². The van der Waals surface area contributed by atoms with E-state index in [4.69, 9.17) is 5.73 Å². The Hall–Kier alpha value is -1.00. The summed E-state index contributed by atoms with van der Waals surface area (Å²) in [6, 6.07) is 5.05. The number of hydrogen-bond acceptors (Lipinski definition) is 4. The number of nitrogens with two attached hydrogens (primary N) is 1. The van der Waals surface area contributed by atoms with Crippen LogP contribution in [0.25, 0.3) is 0 Å². The fourth-order valence-corrected chi connectivity index (χ4v) is 4.07. The van der Waals surface area contributed by atoms with E-state index < -0.39 is 10.0 Å². The van der Waals surface area contributed by atoms with Crippen molar-refractivity contribution in [1.82, 2.24) is 4.72 Å². The minimum absolute atomic E-state index is 0.113. The van der Waals surface area contributed by atoms with Gasteiger partial charge in [0.25, 0.3) is 0 Å². The second-order valence-corrected chi connectivity index (χ2v) is 7.67. The SMILES string of the molecule is CCSCC(C)NS(=O)(=O)c1cc(C#CCN)ccc1C. The van der Waals surface area contributed by atoms with Crippen LogP contribution in [0.3, 0.4) is 0 Å². The molecule has 3 N–H and O–H groups in total. The third-order valence-corrected chi connectivity index (χ3v) is 5.62. The summed E-state index contributed by atoms with van der Waals surface area (Å²) in [6.45, 7) is 5.95. The smallest absolute Gasteiger partial charge is 0.241 e. The van der Waals surface area contributed by atoms with E-state index in [2.05, 4.69) is 23.5 Å². The maximum atomic E-state index is 12.5. The summed E-state index contributed by atoms with van der Waals surface area (Å²) >= 11 is 1.71. The molecule has 0 aliphatic carbocycles. The fourth-order valence-electron chi connectivity index (χ4n) is 1.78. The molecule has 1 atom stereocenters. The molecular formula is C15H22N2O2S2. The van der Waals surface area contributed by atoms with Crippen molar-refractivity contribution in [3.63, 3.8) is 0 Å². The van der Waals surface area contributed by atoms with Crippen molar-refractivity contribution in [2.45, 2.75) is 31.7 Å². The molecule has 0 bridgehead atoms. The molecule has 6 heteroatoms. The summed E-state index contributed by atoms with van der Waals surface area (Å²) < 4.78 is 27.6. The Labute approximate surface area is 131 Å². The van der Waals surface area contributed by atoms with E-state index in [9.17, 15) is 8.42 Å². The average Bonchev–Trinajstić information content (AvgIpc) is 2.43. The molecule has 0 amide bonds. The molecule has 0 saturated heterocycles. The van der Waals surface area contributed by atoms with Crippen LogP contribution in [0.5, 0.6) is 0 Å². The highest BCUT2D eigenvalue weighted by atomic mass is 32.2. The average molecular weight is 326 g/mol. The molecule has 0 aromatic heterocycles. The third kappa shape index (κ3) is 5.71. The molecule has 1 aromatic rings. The zero-order valence-electron chi connectivity index (χ0n) is 12.6. The molecule has 4 nitrogen and oxygen atoms in total. The Bertz CT molecular complexity index is 631. The summed E-state index contributed by atoms with van der Waals surface area (Å²) in [5.41, 5.74) is 6.70. The van der Waals surface area contributed by atoms with Crippen molar-refractivity contribution >= 4 is 21.8 Å². The number of thioether (sulfide) groups is 1. The highest BCUT2D eigenvalue weighted by Crippen LogP contribution is 2.17. The molecule has 1 aromatic carbocycles. The van der Waals surface area contributed by atoms with Gasteiger partial charge < -0.3 is 5.73 Å². The summed E-state index contributed by atoms with van der Waals surface area (Å²) in [6.07, 6.45) is 0. The van der Waals surface area contributed by atoms with Gasteiger partial charge in [-0.05, 0) is 37.3 Å². The number of benzene rings is 1. The monoisotopic (exact) mass is 326 g/mol. The topological polar surface area (TPSA) is 72.2 Å². The lowest BCUT2D eigenvalue weighted by molar-refractivity contribution is 0.570. The first kappa shape index (κ1) is 18.1. The van der Waals surface area contributed by atoms with Crippen LogP contribution in [0, 0.1) is 18.8 Å². The first-order valence-electron chi connectivity index (χ1n) is 6.80. The molecular weight excluding hydrogens is 304 g/mol. The fraction of sp³-hybridized carbons (Fsp3) is 0.467. The van der Waals surface area contributed by atoms with Crippen molar-refractivity contribution in [2.24, 2.45) is 5.73 Å². The zero-order chi connectivity index (χ0) is 15.9. The van der Waals surface area contributed by atoms with Crippen LogP contribution in [-0.4, -0.2) is 32.5 Å². The maximum absolute atomic E-state index is 12.5. The molecule has 116 valence electrons. The van der Waals surface area contributed by atoms with Gasteiger partial charge in [0.15, 0.2) is 0 Å². The van der Waals surface area contributed by atoms with E-state index in [1.807, 2.05) is 6.92 Å². The lowest BCUT2D eigenvalue weighted by atomic mass is 10.1. The molecule has 0 fully saturated rings. The normalized spacial score (nSPS) is 12.6. The number of sulfonamides is 1. The van der Waals surface area contributed by atoms with Crippen LogP contribution < -0.4 is 10.5 Å². The summed E-state index contributed by atoms with van der Waals surface area (Å²) in [5.74, 6) is 7.31. The van der Waals surface area contributed by atoms with Crippen molar-refractivity contribution in [3.05, 3.63) is 29.3 Å². The highest BCUT2D eigenvalue weighted by Gasteiger charge is 2.19. The van der Waals surface area contributed by atoms with E-state index in [1.165, 1.54) is 0 Å². The molecule has 0 spiro atoms. The Balaban J connectivity index is 3.01. The van der Waals surface area contributed by atoms with Gasteiger partial charge in [0, 0.05) is 17.4 Å². The molecule has 0 aliphatic heterocycles. The molecule has 0 aliphatic rings. The lowest BCUT2D eigenvalue weighted by Gasteiger charge is -2.15. The number of aryl methyl sites for hydroxylation is 1. The standard InChI is InChI=1S/C15H22N2O2S2/c1-4-20-11-13(3)17-21(18,19)15-10-14(6-5-9-16)8-7-12(15)2/h7-8,10,13,17H,4,9,11,16H2,1-3H3. The van der Waals surface area contributed by atoms with Gasteiger partial charge in [0.2, 0.25) is 10.0 Å². The van der Waals surface area contributed by atoms with Crippen LogP contribution >= 0.6 is 11.8 Å². The van der Waals surface area contributed by atoms with Gasteiger partial charge in [-0.25, -0.2) is 13.1 Å². The van der Waals surface area contributed by atoms with Crippen LogP contribution in [0.1, 0.15) is 25.0 Å². The van der Waals surface area contributed by atoms with Crippen molar-refractivity contribution in [2.75, 3.05) is 18.1 Å². The third-order valence-electron chi connectivity index (χ3n) is 2.74. The molecule has 0 saturated carbocycles. The Morgan fingerprint density at radius 1 is 1.43 bits per heavy atom.